The molecule has 1 atom stereocenters. The van der Waals surface area contributed by atoms with E-state index in [1.807, 2.05) is 5.38 Å². The average molecular weight is 240 g/mol. The highest BCUT2D eigenvalue weighted by atomic mass is 32.1. The number of aromatic nitrogens is 1. The zero-order chi connectivity index (χ0) is 11.4. The molecule has 5 nitrogen and oxygen atoms in total. The summed E-state index contributed by atoms with van der Waals surface area (Å²) in [7, 11) is 1.68. The molecular formula is C10H16N4OS. The number of carbonyl (C=O) groups is 1. The van der Waals surface area contributed by atoms with Crippen molar-refractivity contribution in [3.05, 3.63) is 16.6 Å². The lowest BCUT2D eigenvalue weighted by Crippen LogP contribution is -2.56. The summed E-state index contributed by atoms with van der Waals surface area (Å²) in [5.41, 5.74) is 0. The fourth-order valence-electron chi connectivity index (χ4n) is 1.87. The Morgan fingerprint density at radius 1 is 1.81 bits per heavy atom. The molecule has 88 valence electrons. The molecule has 16 heavy (non-hydrogen) atoms. The van der Waals surface area contributed by atoms with E-state index in [0.717, 1.165) is 24.6 Å². The van der Waals surface area contributed by atoms with E-state index < -0.39 is 0 Å². The van der Waals surface area contributed by atoms with Crippen molar-refractivity contribution in [3.8, 4) is 0 Å². The molecule has 0 aliphatic carbocycles. The second kappa shape index (κ2) is 5.38. The van der Waals surface area contributed by atoms with Crippen molar-refractivity contribution in [1.29, 1.82) is 0 Å². The van der Waals surface area contributed by atoms with Gasteiger partial charge in [0.15, 0.2) is 0 Å². The Kier molecular flexibility index (Phi) is 3.87. The van der Waals surface area contributed by atoms with Crippen LogP contribution < -0.4 is 10.6 Å². The van der Waals surface area contributed by atoms with Crippen LogP contribution in [0.3, 0.4) is 0 Å². The van der Waals surface area contributed by atoms with Crippen LogP contribution in [0.5, 0.6) is 0 Å². The highest BCUT2D eigenvalue weighted by Gasteiger charge is 2.28. The number of carbonyl (C=O) groups excluding carboxylic acids is 1. The van der Waals surface area contributed by atoms with Gasteiger partial charge in [-0.15, -0.1) is 11.3 Å². The summed E-state index contributed by atoms with van der Waals surface area (Å²) in [6, 6.07) is -0.0809. The van der Waals surface area contributed by atoms with Crippen LogP contribution in [-0.4, -0.2) is 48.5 Å². The molecule has 0 saturated carbocycles. The van der Waals surface area contributed by atoms with Gasteiger partial charge in [0.25, 0.3) is 0 Å². The third-order valence-corrected chi connectivity index (χ3v) is 3.49. The number of nitrogens with one attached hydrogen (secondary N) is 2. The molecule has 1 saturated heterocycles. The Morgan fingerprint density at radius 2 is 2.69 bits per heavy atom. The van der Waals surface area contributed by atoms with Crippen LogP contribution in [0.15, 0.2) is 11.6 Å². The van der Waals surface area contributed by atoms with Crippen molar-refractivity contribution < 1.29 is 4.79 Å². The van der Waals surface area contributed by atoms with Gasteiger partial charge in [0, 0.05) is 38.3 Å². The molecule has 0 spiro atoms. The summed E-state index contributed by atoms with van der Waals surface area (Å²) in [4.78, 5) is 18.1. The van der Waals surface area contributed by atoms with E-state index >= 15 is 0 Å². The van der Waals surface area contributed by atoms with Gasteiger partial charge in [-0.25, -0.2) is 4.98 Å². The number of hydrogen-bond donors (Lipinski definition) is 2. The lowest BCUT2D eigenvalue weighted by Gasteiger charge is -2.34. The smallest absolute Gasteiger partial charge is 0.238 e. The first-order chi connectivity index (χ1) is 7.81. The van der Waals surface area contributed by atoms with E-state index in [-0.39, 0.29) is 11.9 Å². The van der Waals surface area contributed by atoms with E-state index in [0.29, 0.717) is 6.54 Å². The van der Waals surface area contributed by atoms with Gasteiger partial charge in [0.2, 0.25) is 5.91 Å². The van der Waals surface area contributed by atoms with Crippen LogP contribution in [0.1, 0.15) is 5.01 Å². The number of nitrogens with zero attached hydrogens (tertiary/aromatic N) is 2. The van der Waals surface area contributed by atoms with Crippen molar-refractivity contribution in [2.45, 2.75) is 12.6 Å². The molecule has 1 unspecified atom stereocenters. The Morgan fingerprint density at radius 3 is 3.38 bits per heavy atom. The molecule has 1 aliphatic heterocycles. The van der Waals surface area contributed by atoms with Gasteiger partial charge in [-0.05, 0) is 0 Å². The SMILES string of the molecule is CNC(=O)C1CNCCN1Cc1nccs1. The number of hydrogen-bond acceptors (Lipinski definition) is 5. The van der Waals surface area contributed by atoms with Crippen molar-refractivity contribution in [2.24, 2.45) is 0 Å². The molecule has 1 aromatic heterocycles. The van der Waals surface area contributed by atoms with Gasteiger partial charge in [-0.3, -0.25) is 9.69 Å². The predicted molar refractivity (Wildman–Crippen MR) is 63.2 cm³/mol. The molecule has 2 rings (SSSR count). The summed E-state index contributed by atoms with van der Waals surface area (Å²) >= 11 is 1.63. The molecule has 6 heteroatoms. The van der Waals surface area contributed by atoms with Gasteiger partial charge in [-0.1, -0.05) is 0 Å². The first-order valence-electron chi connectivity index (χ1n) is 5.36. The Hall–Kier alpha value is -0.980. The Balaban J connectivity index is 2.02. The number of amides is 1. The molecule has 1 amide bonds. The summed E-state index contributed by atoms with van der Waals surface area (Å²) in [5.74, 6) is 0.0729. The number of thiazole rings is 1. The predicted octanol–water partition coefficient (Wildman–Crippen LogP) is -0.337. The lowest BCUT2D eigenvalue weighted by atomic mass is 10.2. The van der Waals surface area contributed by atoms with E-state index in [4.69, 9.17) is 0 Å². The van der Waals surface area contributed by atoms with Crippen LogP contribution in [0.25, 0.3) is 0 Å². The second-order valence-corrected chi connectivity index (χ2v) is 4.71. The van der Waals surface area contributed by atoms with Crippen LogP contribution in [0.4, 0.5) is 0 Å². The summed E-state index contributed by atoms with van der Waals surface area (Å²) in [6.45, 7) is 3.29. The number of rotatable bonds is 3. The highest BCUT2D eigenvalue weighted by molar-refractivity contribution is 7.09. The zero-order valence-corrected chi connectivity index (χ0v) is 10.1. The van der Waals surface area contributed by atoms with E-state index in [9.17, 15) is 4.79 Å². The molecule has 0 aromatic carbocycles. The van der Waals surface area contributed by atoms with E-state index in [1.54, 1.807) is 24.6 Å². The normalized spacial score (nSPS) is 21.9. The maximum absolute atomic E-state index is 11.7. The van der Waals surface area contributed by atoms with Gasteiger partial charge in [0.1, 0.15) is 11.0 Å². The number of piperazine rings is 1. The molecule has 0 radical (unpaired) electrons. The van der Waals surface area contributed by atoms with E-state index in [2.05, 4.69) is 20.5 Å². The molecule has 0 bridgehead atoms. The number of likely N-dealkylation sites (N-methyl/N-ethyl adjacent to an activating group) is 1. The molecule has 1 aliphatic rings. The minimum atomic E-state index is -0.0809. The highest BCUT2D eigenvalue weighted by Crippen LogP contribution is 2.12. The van der Waals surface area contributed by atoms with Gasteiger partial charge in [-0.2, -0.15) is 0 Å². The minimum Gasteiger partial charge on any atom is -0.358 e. The summed E-state index contributed by atoms with van der Waals surface area (Å²) in [5, 5.41) is 8.98. The standard InChI is InChI=1S/C10H16N4OS/c1-11-10(15)8-6-12-2-4-14(8)7-9-13-3-5-16-9/h3,5,8,12H,2,4,6-7H2,1H3,(H,11,15). The molecular weight excluding hydrogens is 224 g/mol. The zero-order valence-electron chi connectivity index (χ0n) is 9.27. The van der Waals surface area contributed by atoms with Crippen LogP contribution >= 0.6 is 11.3 Å². The summed E-state index contributed by atoms with van der Waals surface area (Å²) in [6.07, 6.45) is 1.80. The van der Waals surface area contributed by atoms with Gasteiger partial charge < -0.3 is 10.6 Å². The van der Waals surface area contributed by atoms with Crippen molar-refractivity contribution in [1.82, 2.24) is 20.5 Å². The van der Waals surface area contributed by atoms with Crippen LogP contribution in [-0.2, 0) is 11.3 Å². The third-order valence-electron chi connectivity index (χ3n) is 2.73. The molecule has 1 aromatic rings. The van der Waals surface area contributed by atoms with Crippen molar-refractivity contribution in [3.63, 3.8) is 0 Å². The summed E-state index contributed by atoms with van der Waals surface area (Å²) < 4.78 is 0. The maximum atomic E-state index is 11.7. The van der Waals surface area contributed by atoms with E-state index in [1.165, 1.54) is 0 Å². The monoisotopic (exact) mass is 240 g/mol. The Bertz CT molecular complexity index is 341. The van der Waals surface area contributed by atoms with Crippen molar-refractivity contribution >= 4 is 17.2 Å². The lowest BCUT2D eigenvalue weighted by molar-refractivity contribution is -0.126. The molecule has 1 fully saturated rings. The quantitative estimate of drug-likeness (QED) is 0.759. The second-order valence-electron chi connectivity index (χ2n) is 3.73. The first-order valence-corrected chi connectivity index (χ1v) is 6.24. The minimum absolute atomic E-state index is 0.0729. The first kappa shape index (κ1) is 11.5. The van der Waals surface area contributed by atoms with Crippen molar-refractivity contribution in [2.75, 3.05) is 26.7 Å². The fourth-order valence-corrected chi connectivity index (χ4v) is 2.51. The molecule has 2 N–H and O–H groups in total. The molecule has 2 heterocycles. The van der Waals surface area contributed by atoms with Crippen LogP contribution in [0, 0.1) is 0 Å². The van der Waals surface area contributed by atoms with Gasteiger partial charge >= 0.3 is 0 Å². The average Bonchev–Trinajstić information content (AvgIpc) is 2.82. The maximum Gasteiger partial charge on any atom is 0.238 e. The topological polar surface area (TPSA) is 57.3 Å². The third kappa shape index (κ3) is 2.58. The Labute approximate surface area is 98.9 Å². The fraction of sp³-hybridized carbons (Fsp3) is 0.600. The van der Waals surface area contributed by atoms with Gasteiger partial charge in [0.05, 0.1) is 6.54 Å². The largest absolute Gasteiger partial charge is 0.358 e. The van der Waals surface area contributed by atoms with Crippen LogP contribution in [0.2, 0.25) is 0 Å².